The fraction of sp³-hybridized carbons (Fsp3) is 0.263. The molecule has 0 aliphatic carbocycles. The molecule has 6 nitrogen and oxygen atoms in total. The summed E-state index contributed by atoms with van der Waals surface area (Å²) in [6.45, 7) is 6.08. The molecule has 3 aromatic rings. The van der Waals surface area contributed by atoms with Crippen molar-refractivity contribution in [3.05, 3.63) is 62.5 Å². The molecular weight excluding hydrogens is 417 g/mol. The zero-order valence-electron chi connectivity index (χ0n) is 15.6. The van der Waals surface area contributed by atoms with Crippen LogP contribution in [-0.2, 0) is 4.79 Å². The maximum Gasteiger partial charge on any atom is 0.220 e. The summed E-state index contributed by atoms with van der Waals surface area (Å²) in [5, 5.41) is 10.2. The van der Waals surface area contributed by atoms with Gasteiger partial charge >= 0.3 is 0 Å². The predicted octanol–water partition coefficient (Wildman–Crippen LogP) is 4.10. The number of hydrogen-bond donors (Lipinski definition) is 1. The summed E-state index contributed by atoms with van der Waals surface area (Å²) in [4.78, 5) is 17.8. The van der Waals surface area contributed by atoms with E-state index in [1.54, 1.807) is 11.3 Å². The van der Waals surface area contributed by atoms with Crippen molar-refractivity contribution in [1.29, 1.82) is 0 Å². The van der Waals surface area contributed by atoms with Gasteiger partial charge in [0.1, 0.15) is 16.9 Å². The highest BCUT2D eigenvalue weighted by atomic mass is 35.5. The average Bonchev–Trinajstić information content (AvgIpc) is 3.08. The van der Waals surface area contributed by atoms with E-state index >= 15 is 0 Å². The molecular formula is C19H19Cl2N5OS. The number of nitrogens with two attached hydrogens (primary N) is 1. The molecule has 0 saturated heterocycles. The lowest BCUT2D eigenvalue weighted by Crippen LogP contribution is -2.17. The average molecular weight is 436 g/mol. The number of aromatic nitrogens is 3. The Kier molecular flexibility index (Phi) is 5.61. The molecule has 0 saturated carbocycles. The van der Waals surface area contributed by atoms with Crippen molar-refractivity contribution in [3.8, 4) is 5.00 Å². The minimum Gasteiger partial charge on any atom is -0.370 e. The number of primary amides is 1. The third kappa shape index (κ3) is 3.34. The number of fused-ring (bicyclic) bond motifs is 3. The summed E-state index contributed by atoms with van der Waals surface area (Å²) in [6.07, 6.45) is 0.0716. The number of aryl methyl sites for hydroxylation is 2. The van der Waals surface area contributed by atoms with Crippen LogP contribution in [0.3, 0.4) is 0 Å². The topological polar surface area (TPSA) is 86.2 Å². The third-order valence-corrected chi connectivity index (χ3v) is 6.20. The Morgan fingerprint density at radius 2 is 1.89 bits per heavy atom. The molecule has 1 aliphatic heterocycles. The molecule has 9 heteroatoms. The van der Waals surface area contributed by atoms with E-state index in [0.29, 0.717) is 10.8 Å². The summed E-state index contributed by atoms with van der Waals surface area (Å²) in [5.74, 6) is 0.969. The van der Waals surface area contributed by atoms with Crippen LogP contribution < -0.4 is 5.73 Å². The van der Waals surface area contributed by atoms with E-state index in [-0.39, 0.29) is 18.8 Å². The van der Waals surface area contributed by atoms with Gasteiger partial charge in [-0.2, -0.15) is 0 Å². The van der Waals surface area contributed by atoms with Gasteiger partial charge in [-0.3, -0.25) is 14.4 Å². The highest BCUT2D eigenvalue weighted by Crippen LogP contribution is 2.39. The van der Waals surface area contributed by atoms with Crippen molar-refractivity contribution in [2.75, 3.05) is 0 Å². The molecule has 0 fully saturated rings. The standard InChI is InChI=1S/C19H18ClN5OS.ClH/c1-9-10(2)27-19-16(9)17(12-4-6-13(20)7-5-12)22-14(8-15(21)26)18-24-23-11(3)25(18)19;/h4-7,14H,8H2,1-3H3,(H2,21,26);1H. The van der Waals surface area contributed by atoms with E-state index in [9.17, 15) is 4.79 Å². The Morgan fingerprint density at radius 1 is 1.21 bits per heavy atom. The second kappa shape index (κ2) is 7.66. The van der Waals surface area contributed by atoms with Crippen LogP contribution >= 0.6 is 35.3 Å². The van der Waals surface area contributed by atoms with E-state index in [2.05, 4.69) is 24.0 Å². The number of nitrogens with zero attached hydrogens (tertiary/aromatic N) is 4. The lowest BCUT2D eigenvalue weighted by molar-refractivity contribution is -0.118. The van der Waals surface area contributed by atoms with E-state index in [1.807, 2.05) is 35.8 Å². The maximum atomic E-state index is 11.7. The number of benzene rings is 1. The van der Waals surface area contributed by atoms with E-state index in [1.165, 1.54) is 4.88 Å². The lowest BCUT2D eigenvalue weighted by atomic mass is 9.99. The molecule has 1 aromatic carbocycles. The molecule has 28 heavy (non-hydrogen) atoms. The Labute approximate surface area is 177 Å². The predicted molar refractivity (Wildman–Crippen MR) is 114 cm³/mol. The first-order valence-corrected chi connectivity index (χ1v) is 9.71. The molecule has 3 heterocycles. The number of rotatable bonds is 3. The van der Waals surface area contributed by atoms with Crippen LogP contribution in [0, 0.1) is 20.8 Å². The Balaban J connectivity index is 0.00000225. The minimum absolute atomic E-state index is 0. The quantitative estimate of drug-likeness (QED) is 0.671. The second-order valence-electron chi connectivity index (χ2n) is 6.58. The third-order valence-electron chi connectivity index (χ3n) is 4.75. The van der Waals surface area contributed by atoms with Gasteiger partial charge in [0, 0.05) is 21.0 Å². The summed E-state index contributed by atoms with van der Waals surface area (Å²) < 4.78 is 2.00. The van der Waals surface area contributed by atoms with Gasteiger partial charge in [-0.05, 0) is 38.5 Å². The van der Waals surface area contributed by atoms with Gasteiger partial charge < -0.3 is 5.73 Å². The molecule has 0 bridgehead atoms. The van der Waals surface area contributed by atoms with Gasteiger partial charge in [-0.15, -0.1) is 33.9 Å². The molecule has 2 N–H and O–H groups in total. The first-order chi connectivity index (χ1) is 12.9. The van der Waals surface area contributed by atoms with Crippen LogP contribution in [-0.4, -0.2) is 26.4 Å². The van der Waals surface area contributed by atoms with Crippen LogP contribution in [0.5, 0.6) is 0 Å². The highest BCUT2D eigenvalue weighted by molar-refractivity contribution is 7.15. The van der Waals surface area contributed by atoms with Crippen LogP contribution in [0.25, 0.3) is 5.00 Å². The summed E-state index contributed by atoms with van der Waals surface area (Å²) in [5.41, 5.74) is 9.45. The van der Waals surface area contributed by atoms with Crippen molar-refractivity contribution in [1.82, 2.24) is 14.8 Å². The monoisotopic (exact) mass is 435 g/mol. The van der Waals surface area contributed by atoms with Crippen LogP contribution in [0.2, 0.25) is 5.02 Å². The number of thiophene rings is 1. The Morgan fingerprint density at radius 3 is 2.54 bits per heavy atom. The molecule has 4 rings (SSSR count). The normalized spacial score (nSPS) is 15.1. The first-order valence-electron chi connectivity index (χ1n) is 8.51. The zero-order chi connectivity index (χ0) is 19.3. The molecule has 1 unspecified atom stereocenters. The molecule has 146 valence electrons. The van der Waals surface area contributed by atoms with Crippen molar-refractivity contribution in [3.63, 3.8) is 0 Å². The summed E-state index contributed by atoms with van der Waals surface area (Å²) in [6, 6.07) is 7.07. The molecule has 1 aliphatic rings. The number of halogens is 2. The highest BCUT2D eigenvalue weighted by Gasteiger charge is 2.31. The lowest BCUT2D eigenvalue weighted by Gasteiger charge is -2.11. The number of amides is 1. The number of hydrogen-bond acceptors (Lipinski definition) is 5. The molecule has 1 amide bonds. The van der Waals surface area contributed by atoms with E-state index in [0.717, 1.165) is 33.2 Å². The van der Waals surface area contributed by atoms with Crippen molar-refractivity contribution < 1.29 is 4.79 Å². The van der Waals surface area contributed by atoms with Crippen molar-refractivity contribution >= 4 is 47.0 Å². The molecule has 2 aromatic heterocycles. The largest absolute Gasteiger partial charge is 0.370 e. The molecule has 0 spiro atoms. The van der Waals surface area contributed by atoms with E-state index in [4.69, 9.17) is 22.3 Å². The van der Waals surface area contributed by atoms with Crippen LogP contribution in [0.15, 0.2) is 29.3 Å². The smallest absolute Gasteiger partial charge is 0.220 e. The summed E-state index contributed by atoms with van der Waals surface area (Å²) >= 11 is 7.74. The van der Waals surface area contributed by atoms with Gasteiger partial charge in [0.2, 0.25) is 5.91 Å². The molecule has 1 atom stereocenters. The number of carbonyl (C=O) groups excluding carboxylic acids is 1. The van der Waals surface area contributed by atoms with Crippen molar-refractivity contribution in [2.45, 2.75) is 33.2 Å². The van der Waals surface area contributed by atoms with Gasteiger partial charge in [0.15, 0.2) is 5.82 Å². The Bertz CT molecular complexity index is 1080. The zero-order valence-corrected chi connectivity index (χ0v) is 18.0. The van der Waals surface area contributed by atoms with Gasteiger partial charge in [0.05, 0.1) is 12.1 Å². The second-order valence-corrected chi connectivity index (χ2v) is 8.21. The fourth-order valence-corrected chi connectivity index (χ4v) is 4.66. The molecule has 0 radical (unpaired) electrons. The maximum absolute atomic E-state index is 11.7. The first kappa shape index (κ1) is 20.5. The van der Waals surface area contributed by atoms with Gasteiger partial charge in [-0.25, -0.2) is 0 Å². The van der Waals surface area contributed by atoms with Crippen LogP contribution in [0.4, 0.5) is 0 Å². The SMILES string of the molecule is Cc1sc2c(c1C)C(c1ccc(Cl)cc1)=NC(CC(N)=O)c1nnc(C)n1-2.Cl. The van der Waals surface area contributed by atoms with Gasteiger partial charge in [0.25, 0.3) is 0 Å². The van der Waals surface area contributed by atoms with Crippen LogP contribution in [0.1, 0.15) is 45.7 Å². The minimum atomic E-state index is -0.492. The number of aliphatic imine (C=N–C) groups is 1. The van der Waals surface area contributed by atoms with Crippen molar-refractivity contribution in [2.24, 2.45) is 10.7 Å². The van der Waals surface area contributed by atoms with Gasteiger partial charge in [-0.1, -0.05) is 23.7 Å². The number of carbonyl (C=O) groups is 1. The fourth-order valence-electron chi connectivity index (χ4n) is 3.32. The summed E-state index contributed by atoms with van der Waals surface area (Å²) in [7, 11) is 0. The Hall–Kier alpha value is -2.22. The van der Waals surface area contributed by atoms with E-state index < -0.39 is 11.9 Å².